The maximum atomic E-state index is 12.6. The molecule has 4 aromatic rings. The number of carbonyl (C=O) groups excluding carboxylic acids is 2. The van der Waals surface area contributed by atoms with Crippen LogP contribution in [0.1, 0.15) is 20.9 Å². The highest BCUT2D eigenvalue weighted by Gasteiger charge is 2.17. The summed E-state index contributed by atoms with van der Waals surface area (Å²) in [5.74, 6) is -0.185. The molecule has 0 fully saturated rings. The van der Waals surface area contributed by atoms with E-state index in [0.29, 0.717) is 22.7 Å². The molecule has 6 heteroatoms. The molecule has 2 aromatic heterocycles. The fourth-order valence-electron chi connectivity index (χ4n) is 2.69. The van der Waals surface area contributed by atoms with Gasteiger partial charge in [0.15, 0.2) is 5.76 Å². The quantitative estimate of drug-likeness (QED) is 0.569. The number of aromatic nitrogens is 1. The number of amides is 2. The van der Waals surface area contributed by atoms with Gasteiger partial charge in [0.05, 0.1) is 11.3 Å². The van der Waals surface area contributed by atoms with Gasteiger partial charge < -0.3 is 15.1 Å². The summed E-state index contributed by atoms with van der Waals surface area (Å²) in [5.41, 5.74) is 1.34. The highest BCUT2D eigenvalue weighted by atomic mass is 16.3. The normalized spacial score (nSPS) is 10.5. The molecule has 0 spiro atoms. The highest BCUT2D eigenvalue weighted by molar-refractivity contribution is 6.12. The van der Waals surface area contributed by atoms with E-state index in [1.807, 2.05) is 18.2 Å². The van der Waals surface area contributed by atoms with Gasteiger partial charge in [0.1, 0.15) is 11.4 Å². The van der Waals surface area contributed by atoms with Crippen LogP contribution in [0.15, 0.2) is 83.4 Å². The second kappa shape index (κ2) is 7.13. The van der Waals surface area contributed by atoms with E-state index < -0.39 is 5.91 Å². The number of pyridine rings is 1. The smallest absolute Gasteiger partial charge is 0.291 e. The maximum Gasteiger partial charge on any atom is 0.291 e. The van der Waals surface area contributed by atoms with Crippen molar-refractivity contribution in [1.29, 1.82) is 0 Å². The lowest BCUT2D eigenvalue weighted by molar-refractivity contribution is 0.0998. The van der Waals surface area contributed by atoms with Gasteiger partial charge in [0.2, 0.25) is 0 Å². The molecule has 4 rings (SSSR count). The number of nitrogens with one attached hydrogen (secondary N) is 2. The Morgan fingerprint density at radius 3 is 2.41 bits per heavy atom. The molecule has 0 bridgehead atoms. The van der Waals surface area contributed by atoms with Crippen LogP contribution in [-0.2, 0) is 0 Å². The molecule has 0 aliphatic heterocycles. The summed E-state index contributed by atoms with van der Waals surface area (Å²) in [4.78, 5) is 29.2. The van der Waals surface area contributed by atoms with E-state index in [2.05, 4.69) is 15.6 Å². The first-order chi connectivity index (χ1) is 13.2. The molecule has 2 aromatic carbocycles. The van der Waals surface area contributed by atoms with Crippen LogP contribution in [0.4, 0.5) is 11.5 Å². The number of nitrogens with zero attached hydrogens (tertiary/aromatic N) is 1. The Bertz CT molecular complexity index is 1090. The summed E-state index contributed by atoms with van der Waals surface area (Å²) >= 11 is 0. The summed E-state index contributed by atoms with van der Waals surface area (Å²) in [6, 6.07) is 21.0. The van der Waals surface area contributed by atoms with Crippen molar-refractivity contribution >= 4 is 34.3 Å². The van der Waals surface area contributed by atoms with E-state index in [1.54, 1.807) is 60.8 Å². The molecule has 2 heterocycles. The summed E-state index contributed by atoms with van der Waals surface area (Å²) in [6.07, 6.45) is 1.59. The predicted molar refractivity (Wildman–Crippen MR) is 103 cm³/mol. The number of hydrogen-bond acceptors (Lipinski definition) is 4. The first-order valence-electron chi connectivity index (χ1n) is 8.32. The van der Waals surface area contributed by atoms with Gasteiger partial charge in [-0.1, -0.05) is 36.4 Å². The molecule has 2 N–H and O–H groups in total. The van der Waals surface area contributed by atoms with E-state index in [4.69, 9.17) is 4.42 Å². The van der Waals surface area contributed by atoms with Crippen molar-refractivity contribution in [3.8, 4) is 0 Å². The van der Waals surface area contributed by atoms with Gasteiger partial charge in [0, 0.05) is 11.6 Å². The van der Waals surface area contributed by atoms with Gasteiger partial charge >= 0.3 is 0 Å². The average Bonchev–Trinajstić information content (AvgIpc) is 3.13. The van der Waals surface area contributed by atoms with Crippen LogP contribution in [0, 0.1) is 0 Å². The zero-order chi connectivity index (χ0) is 18.6. The molecule has 27 heavy (non-hydrogen) atoms. The molecule has 2 amide bonds. The highest BCUT2D eigenvalue weighted by Crippen LogP contribution is 2.22. The molecule has 6 nitrogen and oxygen atoms in total. The lowest BCUT2D eigenvalue weighted by Crippen LogP contribution is -2.18. The number of furan rings is 1. The topological polar surface area (TPSA) is 84.2 Å². The minimum Gasteiger partial charge on any atom is -0.451 e. The Kier molecular flexibility index (Phi) is 4.37. The molecular formula is C21H15N3O3. The molecule has 0 saturated heterocycles. The van der Waals surface area contributed by atoms with Gasteiger partial charge in [-0.2, -0.15) is 0 Å². The Balaban J connectivity index is 1.57. The molecule has 0 aliphatic carbocycles. The minimum atomic E-state index is -0.427. The second-order valence-electron chi connectivity index (χ2n) is 5.82. The fraction of sp³-hybridized carbons (Fsp3) is 0. The number of carbonyl (C=O) groups is 2. The molecule has 0 saturated carbocycles. The van der Waals surface area contributed by atoms with Gasteiger partial charge in [-0.3, -0.25) is 9.59 Å². The average molecular weight is 357 g/mol. The van der Waals surface area contributed by atoms with Crippen LogP contribution < -0.4 is 10.6 Å². The first-order valence-corrected chi connectivity index (χ1v) is 8.32. The van der Waals surface area contributed by atoms with E-state index >= 15 is 0 Å². The van der Waals surface area contributed by atoms with Crippen LogP contribution in [0.5, 0.6) is 0 Å². The number of fused-ring (bicyclic) bond motifs is 1. The summed E-state index contributed by atoms with van der Waals surface area (Å²) < 4.78 is 5.58. The maximum absolute atomic E-state index is 12.6. The lowest BCUT2D eigenvalue weighted by Gasteiger charge is -2.10. The standard InChI is InChI=1S/C21H15N3O3/c25-20(24-19-11-5-6-12-22-19)15-8-2-3-9-16(15)23-21(26)18-13-14-7-1-4-10-17(14)27-18/h1-13H,(H,23,26)(H,22,24,25). The van der Waals surface area contributed by atoms with Crippen LogP contribution in [0.2, 0.25) is 0 Å². The zero-order valence-electron chi connectivity index (χ0n) is 14.2. The van der Waals surface area contributed by atoms with Crippen molar-refractivity contribution in [3.05, 3.63) is 90.3 Å². The van der Waals surface area contributed by atoms with E-state index in [9.17, 15) is 9.59 Å². The number of benzene rings is 2. The Morgan fingerprint density at radius 2 is 1.59 bits per heavy atom. The first kappa shape index (κ1) is 16.5. The largest absolute Gasteiger partial charge is 0.451 e. The summed E-state index contributed by atoms with van der Waals surface area (Å²) in [6.45, 7) is 0. The monoisotopic (exact) mass is 357 g/mol. The van der Waals surface area contributed by atoms with E-state index in [-0.39, 0.29) is 11.7 Å². The van der Waals surface area contributed by atoms with Gasteiger partial charge in [-0.25, -0.2) is 4.98 Å². The third-order valence-electron chi connectivity index (χ3n) is 3.98. The van der Waals surface area contributed by atoms with Crippen molar-refractivity contribution in [2.75, 3.05) is 10.6 Å². The number of anilines is 2. The molecule has 0 unspecified atom stereocenters. The molecular weight excluding hydrogens is 342 g/mol. The molecule has 132 valence electrons. The number of hydrogen-bond donors (Lipinski definition) is 2. The summed E-state index contributed by atoms with van der Waals surface area (Å²) in [7, 11) is 0. The van der Waals surface area contributed by atoms with Gasteiger partial charge in [0.25, 0.3) is 11.8 Å². The summed E-state index contributed by atoms with van der Waals surface area (Å²) in [5, 5.41) is 6.29. The Morgan fingerprint density at radius 1 is 0.815 bits per heavy atom. The lowest BCUT2D eigenvalue weighted by atomic mass is 10.1. The molecule has 0 radical (unpaired) electrons. The van der Waals surface area contributed by atoms with Gasteiger partial charge in [-0.15, -0.1) is 0 Å². The second-order valence-corrected chi connectivity index (χ2v) is 5.82. The van der Waals surface area contributed by atoms with Crippen molar-refractivity contribution in [1.82, 2.24) is 4.98 Å². The molecule has 0 aliphatic rings. The Hall–Kier alpha value is -3.93. The number of rotatable bonds is 4. The molecule has 0 atom stereocenters. The number of para-hydroxylation sites is 2. The van der Waals surface area contributed by atoms with Crippen molar-refractivity contribution in [2.45, 2.75) is 0 Å². The van der Waals surface area contributed by atoms with Crippen molar-refractivity contribution < 1.29 is 14.0 Å². The van der Waals surface area contributed by atoms with Crippen LogP contribution >= 0.6 is 0 Å². The SMILES string of the molecule is O=C(Nc1ccccc1C(=O)Nc1ccccn1)c1cc2ccccc2o1. The zero-order valence-corrected chi connectivity index (χ0v) is 14.2. The van der Waals surface area contributed by atoms with Crippen molar-refractivity contribution in [3.63, 3.8) is 0 Å². The van der Waals surface area contributed by atoms with Crippen molar-refractivity contribution in [2.24, 2.45) is 0 Å². The Labute approximate surface area is 154 Å². The third-order valence-corrected chi connectivity index (χ3v) is 3.98. The van der Waals surface area contributed by atoms with Crippen LogP contribution in [-0.4, -0.2) is 16.8 Å². The third kappa shape index (κ3) is 3.55. The fourth-order valence-corrected chi connectivity index (χ4v) is 2.69. The van der Waals surface area contributed by atoms with E-state index in [1.165, 1.54) is 0 Å². The van der Waals surface area contributed by atoms with Crippen LogP contribution in [0.3, 0.4) is 0 Å². The minimum absolute atomic E-state index is 0.177. The van der Waals surface area contributed by atoms with E-state index in [0.717, 1.165) is 5.39 Å². The predicted octanol–water partition coefficient (Wildman–Crippen LogP) is 4.33. The van der Waals surface area contributed by atoms with Gasteiger partial charge in [-0.05, 0) is 36.4 Å². The van der Waals surface area contributed by atoms with Crippen LogP contribution in [0.25, 0.3) is 11.0 Å².